The molecule has 0 atom stereocenters. The summed E-state index contributed by atoms with van der Waals surface area (Å²) in [5, 5.41) is 5.30. The summed E-state index contributed by atoms with van der Waals surface area (Å²) in [6.07, 6.45) is 3.41. The van der Waals surface area contributed by atoms with Gasteiger partial charge in [0.1, 0.15) is 11.6 Å². The molecule has 2 aromatic heterocycles. The van der Waals surface area contributed by atoms with Gasteiger partial charge in [-0.25, -0.2) is 9.97 Å². The number of ether oxygens (including phenoxy) is 1. The zero-order valence-electron chi connectivity index (χ0n) is 14.8. The molecule has 3 heterocycles. The van der Waals surface area contributed by atoms with Gasteiger partial charge in [-0.1, -0.05) is 13.8 Å². The summed E-state index contributed by atoms with van der Waals surface area (Å²) in [4.78, 5) is 23.6. The van der Waals surface area contributed by atoms with Crippen LogP contribution in [0.2, 0.25) is 0 Å². The van der Waals surface area contributed by atoms with Gasteiger partial charge in [-0.2, -0.15) is 5.10 Å². The van der Waals surface area contributed by atoms with E-state index in [4.69, 9.17) is 9.72 Å². The monoisotopic (exact) mass is 331 g/mol. The predicted molar refractivity (Wildman–Crippen MR) is 92.0 cm³/mol. The SMILES string of the molecule is CCOC(=O)C1CCN(c2nc(C(C)C)nc3c2cnn3C)CC1. The van der Waals surface area contributed by atoms with Crippen molar-refractivity contribution in [3.63, 3.8) is 0 Å². The average Bonchev–Trinajstić information content (AvgIpc) is 2.96. The van der Waals surface area contributed by atoms with Gasteiger partial charge in [0.15, 0.2) is 5.65 Å². The number of hydrogen-bond acceptors (Lipinski definition) is 6. The molecule has 0 aromatic carbocycles. The summed E-state index contributed by atoms with van der Waals surface area (Å²) in [6, 6.07) is 0. The molecule has 0 unspecified atom stereocenters. The molecular weight excluding hydrogens is 306 g/mol. The summed E-state index contributed by atoms with van der Waals surface area (Å²) < 4.78 is 6.94. The highest BCUT2D eigenvalue weighted by Gasteiger charge is 2.28. The maximum Gasteiger partial charge on any atom is 0.309 e. The second-order valence-electron chi connectivity index (χ2n) is 6.58. The number of aromatic nitrogens is 4. The maximum absolute atomic E-state index is 11.9. The lowest BCUT2D eigenvalue weighted by Crippen LogP contribution is -2.37. The van der Waals surface area contributed by atoms with Crippen molar-refractivity contribution in [3.8, 4) is 0 Å². The molecule has 0 radical (unpaired) electrons. The Labute approximate surface area is 142 Å². The van der Waals surface area contributed by atoms with Crippen LogP contribution < -0.4 is 4.90 Å². The van der Waals surface area contributed by atoms with E-state index in [0.717, 1.165) is 48.6 Å². The fourth-order valence-electron chi connectivity index (χ4n) is 3.11. The van der Waals surface area contributed by atoms with E-state index in [0.29, 0.717) is 6.61 Å². The Kier molecular flexibility index (Phi) is 4.69. The van der Waals surface area contributed by atoms with Gasteiger partial charge in [-0.3, -0.25) is 9.48 Å². The summed E-state index contributed by atoms with van der Waals surface area (Å²) in [5.41, 5.74) is 0.858. The standard InChI is InChI=1S/C17H25N5O2/c1-5-24-17(23)12-6-8-22(9-7-12)16-13-10-18-21(4)15(13)19-14(20-16)11(2)3/h10-12H,5-9H2,1-4H3. The van der Waals surface area contributed by atoms with Crippen LogP contribution in [0, 0.1) is 5.92 Å². The van der Waals surface area contributed by atoms with Gasteiger partial charge in [0.25, 0.3) is 0 Å². The van der Waals surface area contributed by atoms with Crippen molar-refractivity contribution in [1.29, 1.82) is 0 Å². The van der Waals surface area contributed by atoms with Crippen LogP contribution in [0.15, 0.2) is 6.20 Å². The second kappa shape index (κ2) is 6.75. The third kappa shape index (κ3) is 3.07. The Hall–Kier alpha value is -2.18. The minimum absolute atomic E-state index is 0.00278. The van der Waals surface area contributed by atoms with Gasteiger partial charge >= 0.3 is 5.97 Å². The van der Waals surface area contributed by atoms with Crippen LogP contribution in [0.25, 0.3) is 11.0 Å². The van der Waals surface area contributed by atoms with Gasteiger partial charge in [0, 0.05) is 26.1 Å². The summed E-state index contributed by atoms with van der Waals surface area (Å²) in [6.45, 7) is 8.06. The minimum Gasteiger partial charge on any atom is -0.466 e. The Morgan fingerprint density at radius 1 is 1.33 bits per heavy atom. The highest BCUT2D eigenvalue weighted by atomic mass is 16.5. The molecule has 1 aliphatic rings. The van der Waals surface area contributed by atoms with Crippen molar-refractivity contribution in [2.24, 2.45) is 13.0 Å². The summed E-state index contributed by atoms with van der Waals surface area (Å²) in [7, 11) is 1.90. The molecule has 0 N–H and O–H groups in total. The lowest BCUT2D eigenvalue weighted by Gasteiger charge is -2.32. The molecule has 0 aliphatic carbocycles. The number of aryl methyl sites for hydroxylation is 1. The number of hydrogen-bond donors (Lipinski definition) is 0. The Balaban J connectivity index is 1.86. The van der Waals surface area contributed by atoms with E-state index >= 15 is 0 Å². The van der Waals surface area contributed by atoms with Crippen molar-refractivity contribution < 1.29 is 9.53 Å². The van der Waals surface area contributed by atoms with Crippen LogP contribution in [0.1, 0.15) is 45.4 Å². The van der Waals surface area contributed by atoms with Crippen molar-refractivity contribution in [1.82, 2.24) is 19.7 Å². The molecule has 2 aromatic rings. The normalized spacial score (nSPS) is 16.1. The van der Waals surface area contributed by atoms with E-state index in [1.54, 1.807) is 4.68 Å². The van der Waals surface area contributed by atoms with Gasteiger partial charge in [-0.05, 0) is 19.8 Å². The molecule has 1 aliphatic heterocycles. The first kappa shape index (κ1) is 16.7. The van der Waals surface area contributed by atoms with Gasteiger partial charge in [0.2, 0.25) is 0 Å². The van der Waals surface area contributed by atoms with Crippen LogP contribution in [0.4, 0.5) is 5.82 Å². The lowest BCUT2D eigenvalue weighted by molar-refractivity contribution is -0.148. The molecule has 7 heteroatoms. The van der Waals surface area contributed by atoms with Gasteiger partial charge < -0.3 is 9.64 Å². The first-order valence-corrected chi connectivity index (χ1v) is 8.62. The fraction of sp³-hybridized carbons (Fsp3) is 0.647. The third-order valence-electron chi connectivity index (χ3n) is 4.52. The topological polar surface area (TPSA) is 73.1 Å². The van der Waals surface area contributed by atoms with Crippen molar-refractivity contribution in [2.45, 2.75) is 39.5 Å². The Morgan fingerprint density at radius 2 is 2.04 bits per heavy atom. The second-order valence-corrected chi connectivity index (χ2v) is 6.58. The average molecular weight is 331 g/mol. The predicted octanol–water partition coefficient (Wildman–Crippen LogP) is 2.27. The first-order valence-electron chi connectivity index (χ1n) is 8.62. The summed E-state index contributed by atoms with van der Waals surface area (Å²) in [5.74, 6) is 1.93. The zero-order valence-corrected chi connectivity index (χ0v) is 14.8. The fourth-order valence-corrected chi connectivity index (χ4v) is 3.11. The number of piperidine rings is 1. The minimum atomic E-state index is -0.0748. The number of carbonyl (C=O) groups excluding carboxylic acids is 1. The van der Waals surface area contributed by atoms with Crippen LogP contribution in [-0.4, -0.2) is 45.4 Å². The van der Waals surface area contributed by atoms with Gasteiger partial charge in [0.05, 0.1) is 24.1 Å². The Morgan fingerprint density at radius 3 is 2.67 bits per heavy atom. The van der Waals surface area contributed by atoms with E-state index in [-0.39, 0.29) is 17.8 Å². The van der Waals surface area contributed by atoms with Crippen molar-refractivity contribution in [3.05, 3.63) is 12.0 Å². The van der Waals surface area contributed by atoms with Crippen molar-refractivity contribution in [2.75, 3.05) is 24.6 Å². The van der Waals surface area contributed by atoms with Crippen LogP contribution in [-0.2, 0) is 16.6 Å². The number of carbonyl (C=O) groups is 1. The molecule has 1 saturated heterocycles. The number of esters is 1. The van der Waals surface area contributed by atoms with Crippen LogP contribution in [0.3, 0.4) is 0 Å². The molecule has 0 bridgehead atoms. The highest BCUT2D eigenvalue weighted by molar-refractivity contribution is 5.87. The molecule has 7 nitrogen and oxygen atoms in total. The molecule has 0 saturated carbocycles. The lowest BCUT2D eigenvalue weighted by atomic mass is 9.97. The zero-order chi connectivity index (χ0) is 17.3. The van der Waals surface area contributed by atoms with Crippen LogP contribution in [0.5, 0.6) is 0 Å². The molecule has 130 valence electrons. The highest BCUT2D eigenvalue weighted by Crippen LogP contribution is 2.29. The van der Waals surface area contributed by atoms with E-state index < -0.39 is 0 Å². The smallest absolute Gasteiger partial charge is 0.309 e. The van der Waals surface area contributed by atoms with E-state index in [9.17, 15) is 4.79 Å². The molecule has 0 spiro atoms. The molecule has 1 fully saturated rings. The summed E-state index contributed by atoms with van der Waals surface area (Å²) >= 11 is 0. The van der Waals surface area contributed by atoms with E-state index in [1.165, 1.54) is 0 Å². The first-order chi connectivity index (χ1) is 11.5. The van der Waals surface area contributed by atoms with Crippen LogP contribution >= 0.6 is 0 Å². The van der Waals surface area contributed by atoms with E-state index in [2.05, 4.69) is 28.8 Å². The van der Waals surface area contributed by atoms with E-state index in [1.807, 2.05) is 20.2 Å². The quantitative estimate of drug-likeness (QED) is 0.800. The number of nitrogens with zero attached hydrogens (tertiary/aromatic N) is 5. The number of rotatable bonds is 4. The third-order valence-corrected chi connectivity index (χ3v) is 4.52. The van der Waals surface area contributed by atoms with Crippen molar-refractivity contribution >= 4 is 22.8 Å². The molecule has 0 amide bonds. The molecule has 3 rings (SSSR count). The largest absolute Gasteiger partial charge is 0.466 e. The molecular formula is C17H25N5O2. The Bertz CT molecular complexity index is 732. The number of fused-ring (bicyclic) bond motifs is 1. The maximum atomic E-state index is 11.9. The van der Waals surface area contributed by atoms with Gasteiger partial charge in [-0.15, -0.1) is 0 Å². The molecule has 24 heavy (non-hydrogen) atoms. The number of anilines is 1.